The zero-order chi connectivity index (χ0) is 12.0. The zero-order valence-electron chi connectivity index (χ0n) is 10.4. The summed E-state index contributed by atoms with van der Waals surface area (Å²) in [6.45, 7) is 4.02. The van der Waals surface area contributed by atoms with Gasteiger partial charge in [0.2, 0.25) is 0 Å². The number of hydrogen-bond acceptors (Lipinski definition) is 3. The number of ketones is 1. The van der Waals surface area contributed by atoms with E-state index in [0.29, 0.717) is 18.7 Å². The maximum atomic E-state index is 12.1. The Morgan fingerprint density at radius 3 is 2.94 bits per heavy atom. The number of aromatic nitrogens is 1. The molecule has 0 spiro atoms. The average molecular weight is 317 g/mol. The minimum atomic E-state index is 0. The van der Waals surface area contributed by atoms with Crippen molar-refractivity contribution < 1.29 is 42.2 Å². The fourth-order valence-corrected chi connectivity index (χ4v) is 2.75. The van der Waals surface area contributed by atoms with Gasteiger partial charge in [-0.3, -0.25) is 4.98 Å². The number of rotatable bonds is 1. The van der Waals surface area contributed by atoms with Crippen LogP contribution in [0.4, 0.5) is 0 Å². The fourth-order valence-electron chi connectivity index (χ4n) is 2.75. The Kier molecular flexibility index (Phi) is 3.93. The predicted octanol–water partition coefficient (Wildman–Crippen LogP) is 2.10. The molecule has 0 aromatic carbocycles. The van der Waals surface area contributed by atoms with Crippen LogP contribution in [0.25, 0.3) is 0 Å². The van der Waals surface area contributed by atoms with Crippen molar-refractivity contribution in [3.63, 3.8) is 0 Å². The van der Waals surface area contributed by atoms with Crippen molar-refractivity contribution in [1.82, 2.24) is 4.98 Å². The van der Waals surface area contributed by atoms with Crippen LogP contribution in [0.5, 0.6) is 5.88 Å². The van der Waals surface area contributed by atoms with Crippen LogP contribution in [-0.4, -0.2) is 17.9 Å². The molecule has 2 aliphatic rings. The molecule has 1 radical (unpaired) electrons. The Bertz CT molecular complexity index is 513. The van der Waals surface area contributed by atoms with Gasteiger partial charge in [0, 0.05) is 38.6 Å². The molecule has 4 heteroatoms. The minimum Gasteiger partial charge on any atom is -0.482 e. The molecule has 1 aromatic heterocycles. The third kappa shape index (κ3) is 2.14. The zero-order valence-corrected chi connectivity index (χ0v) is 13.2. The van der Waals surface area contributed by atoms with Crippen molar-refractivity contribution in [3.05, 3.63) is 41.5 Å². The molecule has 91 valence electrons. The van der Waals surface area contributed by atoms with Crippen LogP contribution >= 0.6 is 0 Å². The van der Waals surface area contributed by atoms with Crippen LogP contribution in [0.3, 0.4) is 0 Å². The van der Waals surface area contributed by atoms with E-state index in [1.807, 2.05) is 12.1 Å². The molecule has 0 amide bonds. The summed E-state index contributed by atoms with van der Waals surface area (Å²) in [4.78, 5) is 16.6. The van der Waals surface area contributed by atoms with Crippen LogP contribution in [0.1, 0.15) is 24.1 Å². The van der Waals surface area contributed by atoms with Crippen LogP contribution in [0, 0.1) is 11.8 Å². The Morgan fingerprint density at radius 1 is 1.44 bits per heavy atom. The number of carbonyl (C=O) groups is 1. The Labute approximate surface area is 132 Å². The molecule has 1 unspecified atom stereocenters. The normalized spacial score (nSPS) is 21.2. The van der Waals surface area contributed by atoms with E-state index in [0.717, 1.165) is 29.2 Å². The number of fused-ring (bicyclic) bond motifs is 4. The second kappa shape index (κ2) is 5.14. The van der Waals surface area contributed by atoms with Crippen molar-refractivity contribution in [2.75, 3.05) is 7.11 Å². The summed E-state index contributed by atoms with van der Waals surface area (Å²) in [5, 5.41) is 0. The van der Waals surface area contributed by atoms with Gasteiger partial charge in [-0.15, -0.1) is 6.58 Å². The molecule has 3 rings (SSSR count). The topological polar surface area (TPSA) is 39.2 Å². The molecule has 0 aliphatic heterocycles. The van der Waals surface area contributed by atoms with E-state index in [2.05, 4.69) is 11.6 Å². The molecule has 0 N–H and O–H groups in total. The molecular formula is C14H14NO2Y-. The van der Waals surface area contributed by atoms with E-state index in [-0.39, 0.29) is 44.4 Å². The van der Waals surface area contributed by atoms with Gasteiger partial charge in [0.05, 0.1) is 7.11 Å². The summed E-state index contributed by atoms with van der Waals surface area (Å²) in [6.07, 6.45) is 2.23. The van der Waals surface area contributed by atoms with Crippen molar-refractivity contribution in [2.45, 2.75) is 19.3 Å². The molecule has 2 aliphatic carbocycles. The molecule has 0 saturated heterocycles. The quantitative estimate of drug-likeness (QED) is 0.588. The molecule has 1 aromatic rings. The van der Waals surface area contributed by atoms with Crippen LogP contribution in [-0.2, 0) is 43.9 Å². The number of Topliss-reactive ketones (excluding diaryl/α,β-unsaturated/α-hetero) is 1. The summed E-state index contributed by atoms with van der Waals surface area (Å²) in [7, 11) is 1.61. The summed E-state index contributed by atoms with van der Waals surface area (Å²) in [6, 6.07) is 3.76. The van der Waals surface area contributed by atoms with Crippen LogP contribution < -0.4 is 4.74 Å². The molecule has 3 nitrogen and oxygen atoms in total. The summed E-state index contributed by atoms with van der Waals surface area (Å²) < 4.78 is 5.13. The van der Waals surface area contributed by atoms with E-state index >= 15 is 0 Å². The minimum absolute atomic E-state index is 0. The molecule has 1 saturated carbocycles. The molecule has 1 fully saturated rings. The van der Waals surface area contributed by atoms with Gasteiger partial charge in [0.25, 0.3) is 0 Å². The average Bonchev–Trinajstić information content (AvgIpc) is 2.31. The summed E-state index contributed by atoms with van der Waals surface area (Å²) in [5.41, 5.74) is 3.15. The number of ether oxygens (including phenoxy) is 1. The first-order valence-electron chi connectivity index (χ1n) is 5.80. The van der Waals surface area contributed by atoms with E-state index in [1.165, 1.54) is 0 Å². The predicted molar refractivity (Wildman–Crippen MR) is 63.7 cm³/mol. The first-order chi connectivity index (χ1) is 8.19. The first kappa shape index (κ1) is 13.8. The maximum absolute atomic E-state index is 12.1. The second-order valence-electron chi connectivity index (χ2n) is 4.72. The number of carbonyl (C=O) groups excluding carboxylic acids is 1. The SMILES string of the molecule is C=C1C[C-]2C(=O)C(C1)Cc1nc(OC)ccc12.[Y]. The number of methoxy groups -OCH3 is 1. The van der Waals surface area contributed by atoms with E-state index in [1.54, 1.807) is 7.11 Å². The summed E-state index contributed by atoms with van der Waals surface area (Å²) in [5.74, 6) is 1.86. The van der Waals surface area contributed by atoms with Gasteiger partial charge in [-0.2, -0.15) is 11.6 Å². The number of allylic oxidation sites excluding steroid dienone is 1. The molecule has 1 atom stereocenters. The van der Waals surface area contributed by atoms with Crippen molar-refractivity contribution in [3.8, 4) is 5.88 Å². The number of nitrogens with zero attached hydrogens (tertiary/aromatic N) is 1. The largest absolute Gasteiger partial charge is 0.482 e. The molecule has 2 bridgehead atoms. The van der Waals surface area contributed by atoms with Gasteiger partial charge >= 0.3 is 0 Å². The Balaban J connectivity index is 0.00000120. The van der Waals surface area contributed by atoms with Crippen LogP contribution in [0.15, 0.2) is 24.3 Å². The Hall–Kier alpha value is -0.666. The van der Waals surface area contributed by atoms with Gasteiger partial charge in [0.15, 0.2) is 5.88 Å². The van der Waals surface area contributed by atoms with Crippen molar-refractivity contribution >= 4 is 5.78 Å². The molecule has 18 heavy (non-hydrogen) atoms. The van der Waals surface area contributed by atoms with E-state index < -0.39 is 0 Å². The fraction of sp³-hybridized carbons (Fsp3) is 0.357. The summed E-state index contributed by atoms with van der Waals surface area (Å²) >= 11 is 0. The molecule has 1 heterocycles. The van der Waals surface area contributed by atoms with Gasteiger partial charge in [0.1, 0.15) is 5.78 Å². The standard InChI is InChI=1S/C14H14NO2.Y/c1-8-5-9-7-12-10(11(6-8)14(9)16)3-4-13(15-12)17-2;/h3-4,9H,1,5-7H2,2H3;/q-1;. The van der Waals surface area contributed by atoms with E-state index in [9.17, 15) is 4.79 Å². The number of hydrogen-bond donors (Lipinski definition) is 0. The van der Waals surface area contributed by atoms with E-state index in [4.69, 9.17) is 4.74 Å². The maximum Gasteiger partial charge on any atom is 0.188 e. The second-order valence-corrected chi connectivity index (χ2v) is 4.72. The third-order valence-electron chi connectivity index (χ3n) is 3.55. The molecular weight excluding hydrogens is 303 g/mol. The monoisotopic (exact) mass is 317 g/mol. The van der Waals surface area contributed by atoms with Crippen LogP contribution in [0.2, 0.25) is 0 Å². The van der Waals surface area contributed by atoms with Gasteiger partial charge in [-0.25, -0.2) is 0 Å². The van der Waals surface area contributed by atoms with Crippen molar-refractivity contribution in [1.29, 1.82) is 0 Å². The van der Waals surface area contributed by atoms with Gasteiger partial charge in [-0.1, -0.05) is 23.3 Å². The van der Waals surface area contributed by atoms with Gasteiger partial charge < -0.3 is 9.53 Å². The van der Waals surface area contributed by atoms with Gasteiger partial charge in [-0.05, 0) is 19.3 Å². The van der Waals surface area contributed by atoms with Crippen molar-refractivity contribution in [2.24, 2.45) is 5.92 Å². The Morgan fingerprint density at radius 2 is 2.22 bits per heavy atom. The number of pyridine rings is 1. The third-order valence-corrected chi connectivity index (χ3v) is 3.55. The first-order valence-corrected chi connectivity index (χ1v) is 5.80. The smallest absolute Gasteiger partial charge is 0.188 e.